The van der Waals surface area contributed by atoms with Crippen LogP contribution in [0.25, 0.3) is 0 Å². The quantitative estimate of drug-likeness (QED) is 0.132. The number of rotatable bonds is 10. The molecule has 0 heterocycles. The van der Waals surface area contributed by atoms with Crippen LogP contribution in [0.4, 0.5) is 0 Å². The number of hydrogen-bond donors (Lipinski definition) is 0. The third-order valence-electron chi connectivity index (χ3n) is 10.5. The van der Waals surface area contributed by atoms with Crippen molar-refractivity contribution >= 4 is 37.4 Å². The van der Waals surface area contributed by atoms with Gasteiger partial charge in [-0.05, 0) is 66.2 Å². The summed E-state index contributed by atoms with van der Waals surface area (Å²) in [6.07, 6.45) is 0. The van der Waals surface area contributed by atoms with Crippen LogP contribution in [0.15, 0.2) is 170 Å². The van der Waals surface area contributed by atoms with Crippen molar-refractivity contribution in [3.8, 4) is 11.5 Å². The molecular formula is C47H52O2Si2. The topological polar surface area (TPSA) is 18.5 Å². The first-order valence-corrected chi connectivity index (χ1v) is 21.9. The molecule has 0 spiro atoms. The fourth-order valence-corrected chi connectivity index (χ4v) is 16.5. The summed E-state index contributed by atoms with van der Waals surface area (Å²) in [7, 11) is -5.43. The van der Waals surface area contributed by atoms with E-state index in [-0.39, 0.29) is 15.5 Å². The van der Waals surface area contributed by atoms with E-state index >= 15 is 0 Å². The highest BCUT2D eigenvalue weighted by molar-refractivity contribution is 7.00. The largest absolute Gasteiger partial charge is 0.534 e. The Balaban J connectivity index is 1.31. The fraction of sp³-hybridized carbons (Fsp3) is 0.234. The minimum absolute atomic E-state index is 0.105. The zero-order valence-corrected chi connectivity index (χ0v) is 33.5. The Morgan fingerprint density at radius 3 is 0.765 bits per heavy atom. The molecule has 0 aromatic heterocycles. The lowest BCUT2D eigenvalue weighted by atomic mass is 9.78. The highest BCUT2D eigenvalue weighted by atomic mass is 28.4. The molecule has 6 aromatic carbocycles. The normalized spacial score (nSPS) is 12.7. The molecule has 0 fully saturated rings. The van der Waals surface area contributed by atoms with Crippen molar-refractivity contribution in [3.63, 3.8) is 0 Å². The summed E-state index contributed by atoms with van der Waals surface area (Å²) < 4.78 is 14.6. The van der Waals surface area contributed by atoms with Crippen LogP contribution >= 0.6 is 0 Å². The van der Waals surface area contributed by atoms with Gasteiger partial charge in [-0.2, -0.15) is 0 Å². The summed E-state index contributed by atoms with van der Waals surface area (Å²) in [5, 5.41) is 4.88. The number of benzene rings is 6. The van der Waals surface area contributed by atoms with Crippen molar-refractivity contribution in [2.24, 2.45) is 0 Å². The molecule has 0 saturated heterocycles. The maximum Gasteiger partial charge on any atom is 0.319 e. The predicted octanol–water partition coefficient (Wildman–Crippen LogP) is 9.89. The minimum atomic E-state index is -2.72. The van der Waals surface area contributed by atoms with E-state index in [0.29, 0.717) is 0 Å². The molecule has 0 radical (unpaired) electrons. The lowest BCUT2D eigenvalue weighted by molar-refractivity contribution is 0.506. The second-order valence-electron chi connectivity index (χ2n) is 16.2. The SMILES string of the molecule is CC(C)(c1ccc(O[Si](c2ccccc2)(c2ccccc2)C(C)(C)C)cc1)c1ccc(O[Si](c2ccccc2)(c2ccccc2)C(C)(C)C)cc1. The highest BCUT2D eigenvalue weighted by Crippen LogP contribution is 2.40. The van der Waals surface area contributed by atoms with E-state index in [1.54, 1.807) is 0 Å². The first-order chi connectivity index (χ1) is 24.3. The molecule has 0 N–H and O–H groups in total. The van der Waals surface area contributed by atoms with Gasteiger partial charge in [0.05, 0.1) is 0 Å². The maximum atomic E-state index is 7.30. The molecule has 0 aliphatic carbocycles. The Morgan fingerprint density at radius 2 is 0.549 bits per heavy atom. The molecule has 4 heteroatoms. The van der Waals surface area contributed by atoms with E-state index in [2.05, 4.69) is 225 Å². The molecule has 51 heavy (non-hydrogen) atoms. The summed E-state index contributed by atoms with van der Waals surface area (Å²) in [5.41, 5.74) is 2.24. The lowest BCUT2D eigenvalue weighted by Gasteiger charge is -2.43. The van der Waals surface area contributed by atoms with Gasteiger partial charge in [0.15, 0.2) is 0 Å². The smallest absolute Gasteiger partial charge is 0.319 e. The minimum Gasteiger partial charge on any atom is -0.534 e. The van der Waals surface area contributed by atoms with Gasteiger partial charge in [-0.25, -0.2) is 0 Å². The van der Waals surface area contributed by atoms with Gasteiger partial charge >= 0.3 is 16.6 Å². The molecule has 2 nitrogen and oxygen atoms in total. The molecule has 6 aromatic rings. The van der Waals surface area contributed by atoms with E-state index in [1.807, 2.05) is 0 Å². The Labute approximate surface area is 308 Å². The van der Waals surface area contributed by atoms with Gasteiger partial charge in [0.2, 0.25) is 0 Å². The lowest BCUT2D eigenvalue weighted by Crippen LogP contribution is -2.68. The fourth-order valence-electron chi connectivity index (χ4n) is 7.70. The van der Waals surface area contributed by atoms with Crippen LogP contribution in [0, 0.1) is 0 Å². The van der Waals surface area contributed by atoms with Crippen LogP contribution in [-0.4, -0.2) is 16.6 Å². The standard InChI is InChI=1S/C47H52O2Si2/c1-45(2,3)50(41-21-13-9-14-22-41,42-23-15-10-16-24-42)48-39-33-29-37(30-34-39)47(7,8)38-31-35-40(36-32-38)49-51(46(4,5)6,43-25-17-11-18-26-43)44-27-19-12-20-28-44/h9-36H,1-8H3. The Bertz CT molecular complexity index is 1770. The molecule has 0 aliphatic rings. The first kappa shape index (κ1) is 36.2. The van der Waals surface area contributed by atoms with E-state index in [9.17, 15) is 0 Å². The highest BCUT2D eigenvalue weighted by Gasteiger charge is 2.53. The second kappa shape index (κ2) is 14.2. The van der Waals surface area contributed by atoms with Crippen molar-refractivity contribution < 1.29 is 8.85 Å². The van der Waals surface area contributed by atoms with Gasteiger partial charge in [-0.15, -0.1) is 0 Å². The van der Waals surface area contributed by atoms with Crippen molar-refractivity contribution in [1.29, 1.82) is 0 Å². The van der Waals surface area contributed by atoms with E-state index in [4.69, 9.17) is 8.85 Å². The average molecular weight is 705 g/mol. The van der Waals surface area contributed by atoms with Gasteiger partial charge in [-0.1, -0.05) is 201 Å². The molecule has 0 saturated carbocycles. The molecule has 0 bridgehead atoms. The summed E-state index contributed by atoms with van der Waals surface area (Å²) >= 11 is 0. The van der Waals surface area contributed by atoms with Crippen LogP contribution in [0.2, 0.25) is 10.1 Å². The maximum absolute atomic E-state index is 7.30. The summed E-state index contributed by atoms with van der Waals surface area (Å²) in [5.74, 6) is 1.80. The zero-order chi connectivity index (χ0) is 36.3. The van der Waals surface area contributed by atoms with Gasteiger partial charge in [0.1, 0.15) is 11.5 Å². The molecule has 0 aliphatic heterocycles. The van der Waals surface area contributed by atoms with Crippen LogP contribution in [0.3, 0.4) is 0 Å². The average Bonchev–Trinajstić information content (AvgIpc) is 3.13. The monoisotopic (exact) mass is 704 g/mol. The van der Waals surface area contributed by atoms with Crippen molar-refractivity contribution in [3.05, 3.63) is 181 Å². The van der Waals surface area contributed by atoms with Crippen LogP contribution in [-0.2, 0) is 5.41 Å². The van der Waals surface area contributed by atoms with E-state index in [1.165, 1.54) is 31.9 Å². The molecule has 0 amide bonds. The van der Waals surface area contributed by atoms with Crippen molar-refractivity contribution in [1.82, 2.24) is 0 Å². The summed E-state index contributed by atoms with van der Waals surface area (Å²) in [6, 6.07) is 60.9. The van der Waals surface area contributed by atoms with Gasteiger partial charge in [0, 0.05) is 5.41 Å². The van der Waals surface area contributed by atoms with Crippen LogP contribution in [0.1, 0.15) is 66.5 Å². The molecule has 0 unspecified atom stereocenters. The summed E-state index contributed by atoms with van der Waals surface area (Å²) in [4.78, 5) is 0. The van der Waals surface area contributed by atoms with Crippen molar-refractivity contribution in [2.45, 2.75) is 70.9 Å². The molecule has 6 rings (SSSR count). The zero-order valence-electron chi connectivity index (χ0n) is 31.5. The third-order valence-corrected chi connectivity index (χ3v) is 20.4. The van der Waals surface area contributed by atoms with Gasteiger partial charge < -0.3 is 8.85 Å². The Kier molecular flexibility index (Phi) is 10.0. The number of hydrogen-bond acceptors (Lipinski definition) is 2. The van der Waals surface area contributed by atoms with E-state index < -0.39 is 16.6 Å². The van der Waals surface area contributed by atoms with Crippen LogP contribution < -0.4 is 29.6 Å². The second-order valence-corrected chi connectivity index (χ2v) is 24.6. The predicted molar refractivity (Wildman–Crippen MR) is 222 cm³/mol. The third kappa shape index (κ3) is 6.87. The molecule has 0 atom stereocenters. The first-order valence-electron chi connectivity index (χ1n) is 18.1. The molecule has 260 valence electrons. The van der Waals surface area contributed by atoms with Gasteiger partial charge in [0.25, 0.3) is 0 Å². The Hall–Kier alpha value is -4.65. The van der Waals surface area contributed by atoms with E-state index in [0.717, 1.165) is 11.5 Å². The van der Waals surface area contributed by atoms with Crippen LogP contribution in [0.5, 0.6) is 11.5 Å². The summed E-state index contributed by atoms with van der Waals surface area (Å²) in [6.45, 7) is 18.5. The van der Waals surface area contributed by atoms with Gasteiger partial charge in [-0.3, -0.25) is 0 Å². The Morgan fingerprint density at radius 1 is 0.314 bits per heavy atom. The molecular weight excluding hydrogens is 653 g/mol. The van der Waals surface area contributed by atoms with Crippen molar-refractivity contribution in [2.75, 3.05) is 0 Å².